The molecule has 5 nitrogen and oxygen atoms in total. The summed E-state index contributed by atoms with van der Waals surface area (Å²) in [5.41, 5.74) is 1.06. The van der Waals surface area contributed by atoms with E-state index in [0.717, 1.165) is 31.2 Å². The van der Waals surface area contributed by atoms with Gasteiger partial charge >= 0.3 is 5.97 Å². The Labute approximate surface area is 179 Å². The van der Waals surface area contributed by atoms with Crippen molar-refractivity contribution in [1.82, 2.24) is 0 Å². The number of carbonyl (C=O) groups is 1. The van der Waals surface area contributed by atoms with Gasteiger partial charge < -0.3 is 20.1 Å². The molecule has 3 atom stereocenters. The molecule has 166 valence electrons. The van der Waals surface area contributed by atoms with Gasteiger partial charge in [-0.3, -0.25) is 0 Å². The van der Waals surface area contributed by atoms with Crippen molar-refractivity contribution in [1.29, 1.82) is 0 Å². The van der Waals surface area contributed by atoms with Crippen molar-refractivity contribution < 1.29 is 24.9 Å². The number of allylic oxidation sites excluding steroid dienone is 1. The molecule has 2 aliphatic rings. The Hall–Kier alpha value is -2.01. The Morgan fingerprint density at radius 1 is 1.27 bits per heavy atom. The van der Waals surface area contributed by atoms with Crippen LogP contribution in [0.4, 0.5) is 0 Å². The molecule has 0 aromatic heterocycles. The van der Waals surface area contributed by atoms with Crippen molar-refractivity contribution in [2.75, 3.05) is 6.61 Å². The first-order chi connectivity index (χ1) is 14.1. The number of ether oxygens (including phenoxy) is 1. The number of carboxylic acids is 1. The second kappa shape index (κ2) is 8.62. The lowest BCUT2D eigenvalue weighted by molar-refractivity contribution is -0.133. The van der Waals surface area contributed by atoms with Gasteiger partial charge in [0.25, 0.3) is 0 Å². The highest BCUT2D eigenvalue weighted by Crippen LogP contribution is 2.55. The zero-order chi connectivity index (χ0) is 22.1. The van der Waals surface area contributed by atoms with Crippen LogP contribution >= 0.6 is 0 Å². The number of unbranched alkanes of at least 4 members (excludes halogenated alkanes) is 3. The van der Waals surface area contributed by atoms with E-state index in [4.69, 9.17) is 4.74 Å². The fourth-order valence-electron chi connectivity index (χ4n) is 5.18. The fourth-order valence-corrected chi connectivity index (χ4v) is 5.18. The largest absolute Gasteiger partial charge is 0.508 e. The van der Waals surface area contributed by atoms with Crippen LogP contribution in [0.5, 0.6) is 11.5 Å². The number of hydrogen-bond donors (Lipinski definition) is 3. The third-order valence-electron chi connectivity index (χ3n) is 7.20. The molecule has 1 aliphatic heterocycles. The van der Waals surface area contributed by atoms with Gasteiger partial charge in [0, 0.05) is 28.4 Å². The van der Waals surface area contributed by atoms with Gasteiger partial charge in [-0.05, 0) is 50.8 Å². The Bertz CT molecular complexity index is 825. The molecule has 1 aliphatic carbocycles. The van der Waals surface area contributed by atoms with E-state index < -0.39 is 17.0 Å². The van der Waals surface area contributed by atoms with Crippen LogP contribution in [0.3, 0.4) is 0 Å². The molecule has 3 rings (SSSR count). The van der Waals surface area contributed by atoms with E-state index in [-0.39, 0.29) is 24.2 Å². The Morgan fingerprint density at radius 3 is 2.63 bits per heavy atom. The monoisotopic (exact) mass is 416 g/mol. The number of aromatic hydroxyl groups is 1. The maximum atomic E-state index is 11.6. The fraction of sp³-hybridized carbons (Fsp3) is 0.640. The first kappa shape index (κ1) is 22.7. The summed E-state index contributed by atoms with van der Waals surface area (Å²) in [7, 11) is 0. The summed E-state index contributed by atoms with van der Waals surface area (Å²) in [5.74, 6) is -0.124. The van der Waals surface area contributed by atoms with Crippen molar-refractivity contribution in [2.45, 2.75) is 89.6 Å². The highest BCUT2D eigenvalue weighted by atomic mass is 16.5. The molecule has 0 bridgehead atoms. The van der Waals surface area contributed by atoms with Crippen molar-refractivity contribution >= 4 is 5.97 Å². The molecule has 0 spiro atoms. The van der Waals surface area contributed by atoms with Gasteiger partial charge in [0.1, 0.15) is 17.1 Å². The molecule has 5 heteroatoms. The van der Waals surface area contributed by atoms with E-state index in [1.165, 1.54) is 6.42 Å². The number of carboxylic acid groups (broad SMARTS) is 1. The summed E-state index contributed by atoms with van der Waals surface area (Å²) in [6, 6.07) is 3.72. The Morgan fingerprint density at radius 2 is 2.00 bits per heavy atom. The lowest BCUT2D eigenvalue weighted by atomic mass is 9.66. The first-order valence-electron chi connectivity index (χ1n) is 11.2. The molecule has 1 unspecified atom stereocenters. The van der Waals surface area contributed by atoms with Gasteiger partial charge in [-0.1, -0.05) is 45.6 Å². The van der Waals surface area contributed by atoms with Crippen molar-refractivity contribution in [3.8, 4) is 11.5 Å². The quantitative estimate of drug-likeness (QED) is 0.501. The third-order valence-corrected chi connectivity index (χ3v) is 7.20. The minimum absolute atomic E-state index is 0.00129. The second-order valence-electron chi connectivity index (χ2n) is 9.83. The maximum absolute atomic E-state index is 11.6. The summed E-state index contributed by atoms with van der Waals surface area (Å²) < 4.78 is 6.37. The normalized spacial score (nSPS) is 24.1. The standard InChI is InChI=1S/C25H36O5/c1-5-6-7-8-11-25(4,15-26)17-13-20(27)22-18-12-16(23(28)29)9-10-19(18)24(2,3)30-21(22)14-17/h9,13-14,18-19,26-27H,5-8,10-12,15H2,1-4H3,(H,28,29)/t18-,19-,25?/m1/s1. The third kappa shape index (κ3) is 4.22. The van der Waals surface area contributed by atoms with E-state index >= 15 is 0 Å². The van der Waals surface area contributed by atoms with Crippen LogP contribution < -0.4 is 4.74 Å². The molecular formula is C25H36O5. The predicted molar refractivity (Wildman–Crippen MR) is 117 cm³/mol. The zero-order valence-corrected chi connectivity index (χ0v) is 18.7. The van der Waals surface area contributed by atoms with E-state index in [9.17, 15) is 20.1 Å². The molecule has 0 saturated heterocycles. The SMILES string of the molecule is CCCCCCC(C)(CO)c1cc(O)c2c(c1)OC(C)(C)[C@@H]1CC=C(C(=O)O)C[C@@H]21. The van der Waals surface area contributed by atoms with Crippen molar-refractivity contribution in [3.05, 3.63) is 34.9 Å². The number of phenolic OH excluding ortho intramolecular Hbond substituents is 1. The minimum Gasteiger partial charge on any atom is -0.508 e. The number of aliphatic hydroxyl groups excluding tert-OH is 1. The summed E-state index contributed by atoms with van der Waals surface area (Å²) >= 11 is 0. The first-order valence-corrected chi connectivity index (χ1v) is 11.2. The number of benzene rings is 1. The van der Waals surface area contributed by atoms with Crippen molar-refractivity contribution in [2.24, 2.45) is 5.92 Å². The highest BCUT2D eigenvalue weighted by molar-refractivity contribution is 5.87. The maximum Gasteiger partial charge on any atom is 0.331 e. The van der Waals surface area contributed by atoms with Gasteiger partial charge in [0.05, 0.1) is 6.61 Å². The van der Waals surface area contributed by atoms with Gasteiger partial charge in [-0.2, -0.15) is 0 Å². The Balaban J connectivity index is 1.98. The smallest absolute Gasteiger partial charge is 0.331 e. The van der Waals surface area contributed by atoms with E-state index in [0.29, 0.717) is 29.7 Å². The van der Waals surface area contributed by atoms with Crippen LogP contribution in [-0.2, 0) is 10.2 Å². The van der Waals surface area contributed by atoms with Crippen LogP contribution in [0, 0.1) is 5.92 Å². The molecule has 0 radical (unpaired) electrons. The molecule has 1 heterocycles. The molecule has 0 saturated carbocycles. The minimum atomic E-state index is -0.893. The van der Waals surface area contributed by atoms with E-state index in [1.54, 1.807) is 12.1 Å². The number of rotatable bonds is 8. The van der Waals surface area contributed by atoms with Crippen molar-refractivity contribution in [3.63, 3.8) is 0 Å². The topological polar surface area (TPSA) is 87.0 Å². The molecule has 1 aromatic rings. The van der Waals surface area contributed by atoms with Crippen LogP contribution in [0.25, 0.3) is 0 Å². The number of phenols is 1. The predicted octanol–water partition coefficient (Wildman–Crippen LogP) is 5.29. The lowest BCUT2D eigenvalue weighted by Crippen LogP contribution is -2.46. The average Bonchev–Trinajstić information content (AvgIpc) is 2.69. The Kier molecular flexibility index (Phi) is 6.51. The van der Waals surface area contributed by atoms with Gasteiger partial charge in [0.15, 0.2) is 0 Å². The molecule has 0 fully saturated rings. The molecule has 1 aromatic carbocycles. The molecule has 0 amide bonds. The summed E-state index contributed by atoms with van der Waals surface area (Å²) in [5, 5.41) is 30.7. The zero-order valence-electron chi connectivity index (χ0n) is 18.7. The van der Waals surface area contributed by atoms with E-state index in [2.05, 4.69) is 6.92 Å². The molecular weight excluding hydrogens is 380 g/mol. The van der Waals surface area contributed by atoms with Gasteiger partial charge in [-0.25, -0.2) is 4.79 Å². The van der Waals surface area contributed by atoms with E-state index in [1.807, 2.05) is 26.8 Å². The molecule has 3 N–H and O–H groups in total. The van der Waals surface area contributed by atoms with Crippen LogP contribution in [0.1, 0.15) is 89.7 Å². The summed E-state index contributed by atoms with van der Waals surface area (Å²) in [6.45, 7) is 8.27. The van der Waals surface area contributed by atoms with Crippen LogP contribution in [0.2, 0.25) is 0 Å². The summed E-state index contributed by atoms with van der Waals surface area (Å²) in [6.07, 6.45) is 8.12. The van der Waals surface area contributed by atoms with Crippen LogP contribution in [-0.4, -0.2) is 33.5 Å². The molecule has 30 heavy (non-hydrogen) atoms. The second-order valence-corrected chi connectivity index (χ2v) is 9.83. The number of fused-ring (bicyclic) bond motifs is 3. The summed E-state index contributed by atoms with van der Waals surface area (Å²) in [4.78, 5) is 11.6. The average molecular weight is 417 g/mol. The van der Waals surface area contributed by atoms with Gasteiger partial charge in [-0.15, -0.1) is 0 Å². The van der Waals surface area contributed by atoms with Gasteiger partial charge in [0.2, 0.25) is 0 Å². The lowest BCUT2D eigenvalue weighted by Gasteiger charge is -2.47. The number of aliphatic carboxylic acids is 1. The van der Waals surface area contributed by atoms with Crippen LogP contribution in [0.15, 0.2) is 23.8 Å². The number of hydrogen-bond acceptors (Lipinski definition) is 4. The number of aliphatic hydroxyl groups is 1. The highest BCUT2D eigenvalue weighted by Gasteiger charge is 2.47.